The van der Waals surface area contributed by atoms with Crippen molar-refractivity contribution in [2.24, 2.45) is 0 Å². The summed E-state index contributed by atoms with van der Waals surface area (Å²) in [6, 6.07) is 12.3. The highest BCUT2D eigenvalue weighted by molar-refractivity contribution is 7.22. The first-order chi connectivity index (χ1) is 18.8. The number of aliphatic hydroxyl groups is 1. The zero-order chi connectivity index (χ0) is 27.8. The third kappa shape index (κ3) is 4.40. The number of carbonyl (C=O) groups excluding carboxylic acids is 2. The Kier molecular flexibility index (Phi) is 6.83. The molecule has 0 radical (unpaired) electrons. The van der Waals surface area contributed by atoms with Gasteiger partial charge in [0.25, 0.3) is 5.78 Å². The number of anilines is 1. The minimum absolute atomic E-state index is 0.167. The number of hydrogen-bond donors (Lipinski definition) is 1. The molecule has 1 saturated heterocycles. The van der Waals surface area contributed by atoms with E-state index in [9.17, 15) is 19.1 Å². The highest BCUT2D eigenvalue weighted by atomic mass is 32.1. The van der Waals surface area contributed by atoms with Crippen LogP contribution in [0.1, 0.15) is 17.2 Å². The molecule has 1 amide bonds. The van der Waals surface area contributed by atoms with Crippen molar-refractivity contribution >= 4 is 44.1 Å². The first kappa shape index (κ1) is 26.0. The van der Waals surface area contributed by atoms with Gasteiger partial charge in [-0.15, -0.1) is 0 Å². The Bertz CT molecular complexity index is 1610. The smallest absolute Gasteiger partial charge is 0.301 e. The van der Waals surface area contributed by atoms with Gasteiger partial charge in [-0.25, -0.2) is 9.37 Å². The molecule has 2 heterocycles. The van der Waals surface area contributed by atoms with Crippen LogP contribution in [-0.4, -0.2) is 50.2 Å². The van der Waals surface area contributed by atoms with Gasteiger partial charge < -0.3 is 24.1 Å². The third-order valence-electron chi connectivity index (χ3n) is 6.36. The molecule has 0 unspecified atom stereocenters. The summed E-state index contributed by atoms with van der Waals surface area (Å²) >= 11 is 1.19. The molecule has 200 valence electrons. The van der Waals surface area contributed by atoms with Gasteiger partial charge >= 0.3 is 5.91 Å². The van der Waals surface area contributed by atoms with E-state index in [-0.39, 0.29) is 27.8 Å². The number of aliphatic hydroxyl groups excluding tert-OH is 1. The number of amides is 1. The van der Waals surface area contributed by atoms with Crippen molar-refractivity contribution in [3.05, 3.63) is 77.1 Å². The monoisotopic (exact) mass is 550 g/mol. The number of thiazole rings is 1. The van der Waals surface area contributed by atoms with Crippen LogP contribution in [0.25, 0.3) is 16.0 Å². The van der Waals surface area contributed by atoms with Crippen LogP contribution in [0.5, 0.6) is 23.0 Å². The van der Waals surface area contributed by atoms with Gasteiger partial charge in [-0.3, -0.25) is 14.5 Å². The summed E-state index contributed by atoms with van der Waals surface area (Å²) in [6.07, 6.45) is 0. The average Bonchev–Trinajstić information content (AvgIpc) is 3.49. The van der Waals surface area contributed by atoms with E-state index in [0.29, 0.717) is 22.6 Å². The van der Waals surface area contributed by atoms with Gasteiger partial charge in [0.2, 0.25) is 5.75 Å². The fourth-order valence-electron chi connectivity index (χ4n) is 4.49. The minimum Gasteiger partial charge on any atom is -0.507 e. The van der Waals surface area contributed by atoms with Crippen LogP contribution < -0.4 is 23.8 Å². The van der Waals surface area contributed by atoms with E-state index < -0.39 is 29.3 Å². The summed E-state index contributed by atoms with van der Waals surface area (Å²) in [5.74, 6) is -1.30. The lowest BCUT2D eigenvalue weighted by molar-refractivity contribution is -0.132. The molecule has 1 aliphatic rings. The summed E-state index contributed by atoms with van der Waals surface area (Å²) in [4.78, 5) is 32.9. The number of carbonyl (C=O) groups is 2. The highest BCUT2D eigenvalue weighted by Crippen LogP contribution is 2.48. The molecule has 4 aromatic rings. The molecule has 0 spiro atoms. The normalized spacial score (nSPS) is 16.5. The number of ketones is 1. The van der Waals surface area contributed by atoms with E-state index in [1.807, 2.05) is 0 Å². The molecule has 1 aliphatic heterocycles. The number of rotatable bonds is 7. The van der Waals surface area contributed by atoms with Gasteiger partial charge in [0.15, 0.2) is 16.6 Å². The molecule has 1 fully saturated rings. The Labute approximate surface area is 226 Å². The summed E-state index contributed by atoms with van der Waals surface area (Å²) in [6.45, 7) is 0. The Balaban J connectivity index is 1.77. The second-order valence-corrected chi connectivity index (χ2v) is 9.47. The summed E-state index contributed by atoms with van der Waals surface area (Å²) in [7, 11) is 5.88. The molecule has 1 N–H and O–H groups in total. The lowest BCUT2D eigenvalue weighted by Crippen LogP contribution is -2.29. The highest BCUT2D eigenvalue weighted by Gasteiger charge is 2.48. The molecule has 9 nitrogen and oxygen atoms in total. The van der Waals surface area contributed by atoms with Gasteiger partial charge in [0.1, 0.15) is 17.3 Å². The molecule has 0 aliphatic carbocycles. The zero-order valence-electron chi connectivity index (χ0n) is 21.4. The second kappa shape index (κ2) is 10.3. The zero-order valence-corrected chi connectivity index (χ0v) is 22.2. The predicted molar refractivity (Wildman–Crippen MR) is 143 cm³/mol. The minimum atomic E-state index is -1.12. The SMILES string of the molecule is COc1ccc2nc(N3C(=O)C(=O)/C(=C(/O)c4ccc(F)cc4)[C@H]3c3cc(OC)c(OC)c(OC)c3)sc2c1. The fourth-order valence-corrected chi connectivity index (χ4v) is 5.51. The van der Waals surface area contributed by atoms with Crippen LogP contribution in [0.3, 0.4) is 0 Å². The molecule has 39 heavy (non-hydrogen) atoms. The Hall–Kier alpha value is -4.64. The number of hydrogen-bond acceptors (Lipinski definition) is 9. The third-order valence-corrected chi connectivity index (χ3v) is 7.37. The van der Waals surface area contributed by atoms with Gasteiger partial charge in [0.05, 0.1) is 50.3 Å². The van der Waals surface area contributed by atoms with Crippen LogP contribution in [-0.2, 0) is 9.59 Å². The lowest BCUT2D eigenvalue weighted by atomic mass is 9.94. The number of fused-ring (bicyclic) bond motifs is 1. The van der Waals surface area contributed by atoms with Crippen molar-refractivity contribution in [1.29, 1.82) is 0 Å². The molecule has 3 aromatic carbocycles. The van der Waals surface area contributed by atoms with Crippen molar-refractivity contribution in [3.8, 4) is 23.0 Å². The number of methoxy groups -OCH3 is 4. The molecule has 1 atom stereocenters. The summed E-state index contributed by atoms with van der Waals surface area (Å²) in [5.41, 5.74) is 0.961. The Morgan fingerprint density at radius 1 is 0.923 bits per heavy atom. The number of ether oxygens (including phenoxy) is 4. The first-order valence-electron chi connectivity index (χ1n) is 11.6. The van der Waals surface area contributed by atoms with Gasteiger partial charge in [-0.2, -0.15) is 0 Å². The van der Waals surface area contributed by atoms with E-state index in [0.717, 1.165) is 16.8 Å². The maximum absolute atomic E-state index is 13.6. The number of halogens is 1. The van der Waals surface area contributed by atoms with Crippen molar-refractivity contribution in [1.82, 2.24) is 4.98 Å². The van der Waals surface area contributed by atoms with Gasteiger partial charge in [-0.05, 0) is 60.2 Å². The van der Waals surface area contributed by atoms with Crippen molar-refractivity contribution in [2.75, 3.05) is 33.3 Å². The first-order valence-corrected chi connectivity index (χ1v) is 12.4. The topological polar surface area (TPSA) is 107 Å². The van der Waals surface area contributed by atoms with E-state index in [1.54, 1.807) is 37.4 Å². The Morgan fingerprint density at radius 3 is 2.18 bits per heavy atom. The van der Waals surface area contributed by atoms with E-state index >= 15 is 0 Å². The van der Waals surface area contributed by atoms with Crippen molar-refractivity contribution in [2.45, 2.75) is 6.04 Å². The van der Waals surface area contributed by atoms with E-state index in [1.165, 1.54) is 49.7 Å². The lowest BCUT2D eigenvalue weighted by Gasteiger charge is -2.24. The van der Waals surface area contributed by atoms with Crippen molar-refractivity contribution < 1.29 is 38.0 Å². The summed E-state index contributed by atoms with van der Waals surface area (Å²) in [5, 5.41) is 11.5. The van der Waals surface area contributed by atoms with E-state index in [2.05, 4.69) is 4.98 Å². The summed E-state index contributed by atoms with van der Waals surface area (Å²) < 4.78 is 36.1. The van der Waals surface area contributed by atoms with Gasteiger partial charge in [-0.1, -0.05) is 11.3 Å². The van der Waals surface area contributed by atoms with Crippen molar-refractivity contribution in [3.63, 3.8) is 0 Å². The average molecular weight is 551 g/mol. The molecule has 0 saturated carbocycles. The number of benzene rings is 3. The maximum Gasteiger partial charge on any atom is 0.301 e. The molecular weight excluding hydrogens is 527 g/mol. The molecule has 1 aromatic heterocycles. The maximum atomic E-state index is 13.6. The standard InChI is InChI=1S/C28H23FN2O7S/c1-35-17-9-10-18-21(13-17)39-28(30-18)31-23(15-11-19(36-2)26(38-4)20(12-15)37-3)22(25(33)27(31)34)24(32)14-5-7-16(29)8-6-14/h5-13,23,32H,1-4H3/b24-22+/t23-/m1/s1. The number of aromatic nitrogens is 1. The fraction of sp³-hybridized carbons (Fsp3) is 0.179. The quantitative estimate of drug-likeness (QED) is 0.193. The van der Waals surface area contributed by atoms with Crippen LogP contribution >= 0.6 is 11.3 Å². The number of nitrogens with zero attached hydrogens (tertiary/aromatic N) is 2. The molecule has 0 bridgehead atoms. The van der Waals surface area contributed by atoms with Gasteiger partial charge in [0, 0.05) is 5.56 Å². The second-order valence-electron chi connectivity index (χ2n) is 8.46. The number of Topliss-reactive ketones (excluding diaryl/α,β-unsaturated/α-hetero) is 1. The van der Waals surface area contributed by atoms with Crippen LogP contribution in [0.15, 0.2) is 60.2 Å². The molecular formula is C28H23FN2O7S. The molecule has 11 heteroatoms. The Morgan fingerprint density at radius 2 is 1.59 bits per heavy atom. The van der Waals surface area contributed by atoms with E-state index in [4.69, 9.17) is 18.9 Å². The molecule has 5 rings (SSSR count). The van der Waals surface area contributed by atoms with Crippen LogP contribution in [0.2, 0.25) is 0 Å². The van der Waals surface area contributed by atoms with Crippen LogP contribution in [0, 0.1) is 5.82 Å². The largest absolute Gasteiger partial charge is 0.507 e. The van der Waals surface area contributed by atoms with Crippen LogP contribution in [0.4, 0.5) is 9.52 Å². The predicted octanol–water partition coefficient (Wildman–Crippen LogP) is 5.10.